The first-order valence-corrected chi connectivity index (χ1v) is 7.25. The zero-order chi connectivity index (χ0) is 15.6. The summed E-state index contributed by atoms with van der Waals surface area (Å²) in [6.07, 6.45) is 1.65. The fourth-order valence-corrected chi connectivity index (χ4v) is 2.55. The Kier molecular flexibility index (Phi) is 3.10. The number of para-hydroxylation sites is 2. The Morgan fingerprint density at radius 3 is 2.48 bits per heavy atom. The topological polar surface area (TPSA) is 65.4 Å². The van der Waals surface area contributed by atoms with Crippen molar-refractivity contribution in [3.8, 4) is 28.7 Å². The summed E-state index contributed by atoms with van der Waals surface area (Å²) in [4.78, 5) is 12.2. The van der Waals surface area contributed by atoms with Crippen molar-refractivity contribution in [2.75, 3.05) is 0 Å². The lowest BCUT2D eigenvalue weighted by Crippen LogP contribution is -1.86. The lowest BCUT2D eigenvalue weighted by Gasteiger charge is -2.02. The predicted octanol–water partition coefficient (Wildman–Crippen LogP) is 4.16. The summed E-state index contributed by atoms with van der Waals surface area (Å²) in [5, 5.41) is 8.98. The minimum atomic E-state index is 0.608. The van der Waals surface area contributed by atoms with Crippen LogP contribution in [0.4, 0.5) is 0 Å². The molecule has 0 aliphatic rings. The van der Waals surface area contributed by atoms with Gasteiger partial charge < -0.3 is 4.98 Å². The minimum absolute atomic E-state index is 0.608. The average Bonchev–Trinajstić information content (AvgIpc) is 3.06. The summed E-state index contributed by atoms with van der Waals surface area (Å²) >= 11 is 0. The van der Waals surface area contributed by atoms with Gasteiger partial charge in [0.05, 0.1) is 28.4 Å². The maximum Gasteiger partial charge on any atom is 0.138 e. The van der Waals surface area contributed by atoms with E-state index in [1.165, 1.54) is 0 Å². The zero-order valence-corrected chi connectivity index (χ0v) is 12.2. The number of hydrogen-bond donors (Lipinski definition) is 1. The maximum atomic E-state index is 8.98. The van der Waals surface area contributed by atoms with Crippen LogP contribution in [0.25, 0.3) is 33.7 Å². The lowest BCUT2D eigenvalue weighted by atomic mass is 10.1. The Labute approximate surface area is 133 Å². The van der Waals surface area contributed by atoms with Gasteiger partial charge in [-0.15, -0.1) is 0 Å². The van der Waals surface area contributed by atoms with E-state index in [-0.39, 0.29) is 0 Å². The second kappa shape index (κ2) is 5.39. The van der Waals surface area contributed by atoms with Gasteiger partial charge in [0.25, 0.3) is 0 Å². The summed E-state index contributed by atoms with van der Waals surface area (Å²) in [7, 11) is 0. The predicted molar refractivity (Wildman–Crippen MR) is 89.5 cm³/mol. The van der Waals surface area contributed by atoms with Crippen LogP contribution in [-0.2, 0) is 0 Å². The Bertz CT molecular complexity index is 990. The lowest BCUT2D eigenvalue weighted by molar-refractivity contribution is 1.30. The number of nitriles is 1. The molecular weight excluding hydrogens is 284 g/mol. The van der Waals surface area contributed by atoms with Crippen LogP contribution in [0.2, 0.25) is 0 Å². The SMILES string of the molecule is N#Cc1ccnc(-c2ccc(-c3nc4ccccc4[nH]3)cc2)c1. The fraction of sp³-hybridized carbons (Fsp3) is 0. The largest absolute Gasteiger partial charge is 0.338 e. The smallest absolute Gasteiger partial charge is 0.138 e. The standard InChI is InChI=1S/C19H12N4/c20-12-13-9-10-21-18(11-13)14-5-7-15(8-6-14)19-22-16-3-1-2-4-17(16)23-19/h1-11H,(H,22,23). The van der Waals surface area contributed by atoms with E-state index in [1.807, 2.05) is 48.5 Å². The second-order valence-corrected chi connectivity index (χ2v) is 5.22. The van der Waals surface area contributed by atoms with Crippen LogP contribution in [-0.4, -0.2) is 15.0 Å². The highest BCUT2D eigenvalue weighted by Crippen LogP contribution is 2.24. The molecule has 2 aromatic carbocycles. The molecule has 0 saturated carbocycles. The molecule has 108 valence electrons. The van der Waals surface area contributed by atoms with E-state index < -0.39 is 0 Å². The molecule has 0 aliphatic carbocycles. The van der Waals surface area contributed by atoms with Crippen molar-refractivity contribution in [1.29, 1.82) is 5.26 Å². The van der Waals surface area contributed by atoms with Gasteiger partial charge >= 0.3 is 0 Å². The number of H-pyrrole nitrogens is 1. The van der Waals surface area contributed by atoms with E-state index >= 15 is 0 Å². The summed E-state index contributed by atoms with van der Waals surface area (Å²) < 4.78 is 0. The summed E-state index contributed by atoms with van der Waals surface area (Å²) in [6, 6.07) is 21.6. The third-order valence-electron chi connectivity index (χ3n) is 3.73. The third kappa shape index (κ3) is 2.45. The van der Waals surface area contributed by atoms with Crippen molar-refractivity contribution >= 4 is 11.0 Å². The number of rotatable bonds is 2. The number of benzene rings is 2. The van der Waals surface area contributed by atoms with E-state index in [2.05, 4.69) is 21.0 Å². The molecular formula is C19H12N4. The minimum Gasteiger partial charge on any atom is -0.338 e. The number of nitrogens with one attached hydrogen (secondary N) is 1. The monoisotopic (exact) mass is 296 g/mol. The van der Waals surface area contributed by atoms with Crippen LogP contribution in [0.1, 0.15) is 5.56 Å². The summed E-state index contributed by atoms with van der Waals surface area (Å²) in [5.74, 6) is 0.844. The van der Waals surface area contributed by atoms with E-state index in [1.54, 1.807) is 18.3 Å². The highest BCUT2D eigenvalue weighted by atomic mass is 14.9. The van der Waals surface area contributed by atoms with E-state index in [4.69, 9.17) is 5.26 Å². The van der Waals surface area contributed by atoms with E-state index in [0.29, 0.717) is 5.56 Å². The molecule has 0 unspecified atom stereocenters. The molecule has 0 atom stereocenters. The Balaban J connectivity index is 1.71. The van der Waals surface area contributed by atoms with Crippen molar-refractivity contribution in [2.45, 2.75) is 0 Å². The quantitative estimate of drug-likeness (QED) is 0.604. The summed E-state index contributed by atoms with van der Waals surface area (Å²) in [6.45, 7) is 0. The van der Waals surface area contributed by atoms with Crippen LogP contribution in [0.15, 0.2) is 66.9 Å². The molecule has 2 aromatic heterocycles. The first kappa shape index (κ1) is 13.2. The van der Waals surface area contributed by atoms with Gasteiger partial charge in [-0.25, -0.2) is 4.98 Å². The molecule has 4 rings (SSSR count). The van der Waals surface area contributed by atoms with Crippen molar-refractivity contribution in [3.63, 3.8) is 0 Å². The number of aromatic nitrogens is 3. The van der Waals surface area contributed by atoms with Gasteiger partial charge in [-0.05, 0) is 24.3 Å². The number of aromatic amines is 1. The van der Waals surface area contributed by atoms with Gasteiger partial charge in [0.1, 0.15) is 5.82 Å². The molecule has 23 heavy (non-hydrogen) atoms. The Morgan fingerprint density at radius 2 is 1.70 bits per heavy atom. The van der Waals surface area contributed by atoms with Gasteiger partial charge in [-0.2, -0.15) is 5.26 Å². The molecule has 0 aliphatic heterocycles. The van der Waals surface area contributed by atoms with Gasteiger partial charge in [0.2, 0.25) is 0 Å². The number of pyridine rings is 1. The van der Waals surface area contributed by atoms with Crippen molar-refractivity contribution in [2.24, 2.45) is 0 Å². The molecule has 0 radical (unpaired) electrons. The molecule has 4 nitrogen and oxygen atoms in total. The Morgan fingerprint density at radius 1 is 0.913 bits per heavy atom. The van der Waals surface area contributed by atoms with Crippen LogP contribution in [0, 0.1) is 11.3 Å². The van der Waals surface area contributed by atoms with E-state index in [9.17, 15) is 0 Å². The molecule has 0 spiro atoms. The number of imidazole rings is 1. The molecule has 0 bridgehead atoms. The molecule has 4 heteroatoms. The molecule has 0 fully saturated rings. The average molecular weight is 296 g/mol. The van der Waals surface area contributed by atoms with Crippen LogP contribution < -0.4 is 0 Å². The highest BCUT2D eigenvalue weighted by molar-refractivity contribution is 5.79. The van der Waals surface area contributed by atoms with Crippen LogP contribution in [0.3, 0.4) is 0 Å². The second-order valence-electron chi connectivity index (χ2n) is 5.22. The fourth-order valence-electron chi connectivity index (χ4n) is 2.55. The normalized spacial score (nSPS) is 10.6. The first-order chi connectivity index (χ1) is 11.3. The number of hydrogen-bond acceptors (Lipinski definition) is 3. The number of nitrogens with zero attached hydrogens (tertiary/aromatic N) is 3. The molecule has 2 heterocycles. The van der Waals surface area contributed by atoms with Gasteiger partial charge in [-0.3, -0.25) is 4.98 Å². The van der Waals surface area contributed by atoms with Gasteiger partial charge in [-0.1, -0.05) is 36.4 Å². The highest BCUT2D eigenvalue weighted by Gasteiger charge is 2.06. The van der Waals surface area contributed by atoms with Gasteiger partial charge in [0.15, 0.2) is 0 Å². The number of fused-ring (bicyclic) bond motifs is 1. The van der Waals surface area contributed by atoms with Crippen molar-refractivity contribution < 1.29 is 0 Å². The van der Waals surface area contributed by atoms with Gasteiger partial charge in [0, 0.05) is 17.3 Å². The first-order valence-electron chi connectivity index (χ1n) is 7.25. The maximum absolute atomic E-state index is 8.98. The molecule has 1 N–H and O–H groups in total. The van der Waals surface area contributed by atoms with Crippen molar-refractivity contribution in [1.82, 2.24) is 15.0 Å². The summed E-state index contributed by atoms with van der Waals surface area (Å²) in [5.41, 5.74) is 5.37. The molecule has 0 saturated heterocycles. The third-order valence-corrected chi connectivity index (χ3v) is 3.73. The Hall–Kier alpha value is -3.45. The van der Waals surface area contributed by atoms with Crippen LogP contribution >= 0.6 is 0 Å². The van der Waals surface area contributed by atoms with Crippen LogP contribution in [0.5, 0.6) is 0 Å². The van der Waals surface area contributed by atoms with E-state index in [0.717, 1.165) is 33.7 Å². The zero-order valence-electron chi connectivity index (χ0n) is 12.2. The van der Waals surface area contributed by atoms with Crippen molar-refractivity contribution in [3.05, 3.63) is 72.4 Å². The molecule has 4 aromatic rings. The molecule has 0 amide bonds.